The van der Waals surface area contributed by atoms with Crippen LogP contribution in [-0.4, -0.2) is 11.0 Å². The molecule has 0 radical (unpaired) electrons. The zero-order valence-electron chi connectivity index (χ0n) is 3.73. The molecule has 1 rings (SSSR count). The first-order chi connectivity index (χ1) is 3.29. The highest BCUT2D eigenvalue weighted by Gasteiger charge is 2.25. The Morgan fingerprint density at radius 2 is 2.00 bits per heavy atom. The Labute approximate surface area is 45.3 Å². The van der Waals surface area contributed by atoms with E-state index < -0.39 is 5.76 Å². The molecular weight excluding hydrogens is 118 g/mol. The normalized spacial score (nSPS) is 21.0. The summed E-state index contributed by atoms with van der Waals surface area (Å²) in [6.07, 6.45) is 1.99. The van der Waals surface area contributed by atoms with Crippen molar-refractivity contribution in [2.45, 2.75) is 23.8 Å². The molecule has 0 amide bonds. The summed E-state index contributed by atoms with van der Waals surface area (Å²) in [5, 5.41) is 0.292. The fraction of sp³-hybridized carbons (Fsp3) is 1.00. The Bertz CT molecular complexity index is 60.7. The van der Waals surface area contributed by atoms with Crippen LogP contribution in [0.2, 0.25) is 0 Å². The van der Waals surface area contributed by atoms with E-state index in [-0.39, 0.29) is 0 Å². The van der Waals surface area contributed by atoms with Gasteiger partial charge in [0.15, 0.2) is 0 Å². The van der Waals surface area contributed by atoms with E-state index in [1.807, 2.05) is 0 Å². The van der Waals surface area contributed by atoms with Gasteiger partial charge >= 0.3 is 0 Å². The van der Waals surface area contributed by atoms with Crippen LogP contribution in [-0.2, 0) is 0 Å². The average molecular weight is 124 g/mol. The monoisotopic (exact) mass is 124 g/mol. The summed E-state index contributed by atoms with van der Waals surface area (Å²) in [7, 11) is 0. The van der Waals surface area contributed by atoms with Crippen LogP contribution in [0, 0.1) is 0 Å². The van der Waals surface area contributed by atoms with Crippen LogP contribution in [0.3, 0.4) is 0 Å². The molecule has 0 aromatic rings. The molecule has 0 unspecified atom stereocenters. The van der Waals surface area contributed by atoms with E-state index in [0.29, 0.717) is 5.25 Å². The van der Waals surface area contributed by atoms with Crippen LogP contribution in [0.4, 0.5) is 8.78 Å². The van der Waals surface area contributed by atoms with Crippen molar-refractivity contribution in [2.75, 3.05) is 0 Å². The van der Waals surface area contributed by atoms with Crippen molar-refractivity contribution in [1.29, 1.82) is 0 Å². The molecule has 0 nitrogen and oxygen atoms in total. The van der Waals surface area contributed by atoms with Crippen molar-refractivity contribution < 1.29 is 8.78 Å². The van der Waals surface area contributed by atoms with E-state index >= 15 is 0 Å². The van der Waals surface area contributed by atoms with Gasteiger partial charge in [0.1, 0.15) is 0 Å². The lowest BCUT2D eigenvalue weighted by Gasteiger charge is -1.90. The molecule has 0 aliphatic heterocycles. The van der Waals surface area contributed by atoms with E-state index in [4.69, 9.17) is 0 Å². The molecule has 1 aliphatic carbocycles. The predicted octanol–water partition coefficient (Wildman–Crippen LogP) is 2.10. The SMILES string of the molecule is FC(F)SC1CC1. The van der Waals surface area contributed by atoms with Gasteiger partial charge in [-0.05, 0) is 12.8 Å². The smallest absolute Gasteiger partial charge is 0.198 e. The molecule has 0 aromatic heterocycles. The zero-order chi connectivity index (χ0) is 5.28. The van der Waals surface area contributed by atoms with Gasteiger partial charge in [-0.3, -0.25) is 0 Å². The molecule has 7 heavy (non-hydrogen) atoms. The van der Waals surface area contributed by atoms with Crippen molar-refractivity contribution in [3.8, 4) is 0 Å². The summed E-state index contributed by atoms with van der Waals surface area (Å²) in [5.41, 5.74) is 0. The fourth-order valence-corrected chi connectivity index (χ4v) is 1.05. The second-order valence-electron chi connectivity index (χ2n) is 1.60. The summed E-state index contributed by atoms with van der Waals surface area (Å²) in [6.45, 7) is 0. The highest BCUT2D eigenvalue weighted by molar-refractivity contribution is 8.00. The van der Waals surface area contributed by atoms with Gasteiger partial charge in [0.2, 0.25) is 0 Å². The third-order valence-corrected chi connectivity index (χ3v) is 1.88. The van der Waals surface area contributed by atoms with E-state index in [1.165, 1.54) is 0 Å². The molecule has 0 bridgehead atoms. The summed E-state index contributed by atoms with van der Waals surface area (Å²) < 4.78 is 22.6. The topological polar surface area (TPSA) is 0 Å². The molecule has 1 saturated carbocycles. The maximum absolute atomic E-state index is 11.3. The molecule has 0 atom stereocenters. The highest BCUT2D eigenvalue weighted by atomic mass is 32.2. The third kappa shape index (κ3) is 2.12. The van der Waals surface area contributed by atoms with Gasteiger partial charge in [-0.25, -0.2) is 0 Å². The maximum Gasteiger partial charge on any atom is 0.284 e. The Morgan fingerprint density at radius 1 is 1.43 bits per heavy atom. The molecule has 0 heterocycles. The first kappa shape index (κ1) is 5.35. The van der Waals surface area contributed by atoms with Gasteiger partial charge in [-0.1, -0.05) is 11.8 Å². The summed E-state index contributed by atoms with van der Waals surface area (Å²) >= 11 is 0.787. The Hall–Kier alpha value is 0.210. The second-order valence-corrected chi connectivity index (χ2v) is 2.89. The van der Waals surface area contributed by atoms with Crippen molar-refractivity contribution >= 4 is 11.8 Å². The lowest BCUT2D eigenvalue weighted by molar-refractivity contribution is 0.252. The predicted molar refractivity (Wildman–Crippen MR) is 26.6 cm³/mol. The molecule has 0 saturated heterocycles. The Kier molecular flexibility index (Phi) is 1.52. The molecule has 0 aromatic carbocycles. The number of halogens is 2. The minimum Gasteiger partial charge on any atom is -0.198 e. The number of alkyl halides is 2. The largest absolute Gasteiger partial charge is 0.284 e. The van der Waals surface area contributed by atoms with Crippen LogP contribution in [0.25, 0.3) is 0 Å². The quantitative estimate of drug-likeness (QED) is 0.543. The van der Waals surface area contributed by atoms with E-state index in [0.717, 1.165) is 24.6 Å². The summed E-state index contributed by atoms with van der Waals surface area (Å²) in [4.78, 5) is 0. The maximum atomic E-state index is 11.3. The number of hydrogen-bond acceptors (Lipinski definition) is 1. The minimum absolute atomic E-state index is 0.292. The molecule has 1 aliphatic rings. The van der Waals surface area contributed by atoms with Crippen molar-refractivity contribution in [3.63, 3.8) is 0 Å². The lowest BCUT2D eigenvalue weighted by atomic mass is 11.0. The molecule has 0 spiro atoms. The summed E-state index contributed by atoms with van der Waals surface area (Å²) in [5.74, 6) is -2.15. The van der Waals surface area contributed by atoms with Gasteiger partial charge < -0.3 is 0 Å². The van der Waals surface area contributed by atoms with E-state index in [1.54, 1.807) is 0 Å². The van der Waals surface area contributed by atoms with Crippen molar-refractivity contribution in [2.24, 2.45) is 0 Å². The lowest BCUT2D eigenvalue weighted by Crippen LogP contribution is -1.82. The molecule has 42 valence electrons. The first-order valence-electron chi connectivity index (χ1n) is 2.22. The number of hydrogen-bond donors (Lipinski definition) is 0. The van der Waals surface area contributed by atoms with Crippen LogP contribution in [0.15, 0.2) is 0 Å². The first-order valence-corrected chi connectivity index (χ1v) is 3.17. The van der Waals surface area contributed by atoms with E-state index in [2.05, 4.69) is 0 Å². The number of rotatable bonds is 2. The van der Waals surface area contributed by atoms with Gasteiger partial charge in [0, 0.05) is 5.25 Å². The second kappa shape index (κ2) is 1.99. The fourth-order valence-electron chi connectivity index (χ4n) is 0.350. The van der Waals surface area contributed by atoms with Crippen LogP contribution in [0.5, 0.6) is 0 Å². The standard InChI is InChI=1S/C4H6F2S/c5-4(6)7-3-1-2-3/h3-4H,1-2H2. The Morgan fingerprint density at radius 3 is 2.14 bits per heavy atom. The van der Waals surface area contributed by atoms with Gasteiger partial charge in [0.05, 0.1) is 0 Å². The average Bonchev–Trinajstić information content (AvgIpc) is 2.17. The molecule has 1 fully saturated rings. The minimum atomic E-state index is -2.15. The van der Waals surface area contributed by atoms with Gasteiger partial charge in [0.25, 0.3) is 5.76 Å². The van der Waals surface area contributed by atoms with Gasteiger partial charge in [-0.15, -0.1) is 0 Å². The van der Waals surface area contributed by atoms with Crippen molar-refractivity contribution in [1.82, 2.24) is 0 Å². The molecule has 3 heteroatoms. The highest BCUT2D eigenvalue weighted by Crippen LogP contribution is 2.37. The van der Waals surface area contributed by atoms with Crippen LogP contribution >= 0.6 is 11.8 Å². The molecular formula is C4H6F2S. The summed E-state index contributed by atoms with van der Waals surface area (Å²) in [6, 6.07) is 0. The van der Waals surface area contributed by atoms with Crippen LogP contribution in [0.1, 0.15) is 12.8 Å². The zero-order valence-corrected chi connectivity index (χ0v) is 4.55. The van der Waals surface area contributed by atoms with Gasteiger partial charge in [-0.2, -0.15) is 8.78 Å². The van der Waals surface area contributed by atoms with Crippen LogP contribution < -0.4 is 0 Å². The van der Waals surface area contributed by atoms with E-state index in [9.17, 15) is 8.78 Å². The Balaban J connectivity index is 1.97. The third-order valence-electron chi connectivity index (χ3n) is 0.820. The van der Waals surface area contributed by atoms with Crippen molar-refractivity contribution in [3.05, 3.63) is 0 Å². The number of thioether (sulfide) groups is 1. The molecule has 0 N–H and O–H groups in total.